The Morgan fingerprint density at radius 1 is 1.08 bits per heavy atom. The minimum atomic E-state index is -0.0935. The van der Waals surface area contributed by atoms with Crippen molar-refractivity contribution < 1.29 is 19.0 Å². The van der Waals surface area contributed by atoms with Crippen molar-refractivity contribution in [3.8, 4) is 11.5 Å². The third-order valence-electron chi connectivity index (χ3n) is 4.16. The zero-order valence-corrected chi connectivity index (χ0v) is 13.9. The van der Waals surface area contributed by atoms with E-state index in [9.17, 15) is 4.79 Å². The van der Waals surface area contributed by atoms with Gasteiger partial charge in [0, 0.05) is 12.1 Å². The summed E-state index contributed by atoms with van der Waals surface area (Å²) in [5.74, 6) is 1.13. The lowest BCUT2D eigenvalue weighted by molar-refractivity contribution is -0.0228. The maximum atomic E-state index is 12.8. The molecule has 0 aromatic heterocycles. The molecule has 0 aliphatic carbocycles. The molecule has 5 heteroatoms. The first-order valence-corrected chi connectivity index (χ1v) is 7.90. The summed E-state index contributed by atoms with van der Waals surface area (Å²) in [5, 5.41) is 0. The second kappa shape index (κ2) is 7.36. The molecule has 2 aromatic rings. The maximum absolute atomic E-state index is 12.8. The van der Waals surface area contributed by atoms with E-state index < -0.39 is 0 Å². The average molecular weight is 327 g/mol. The Bertz CT molecular complexity index is 702. The number of ether oxygens (including phenoxy) is 3. The van der Waals surface area contributed by atoms with Crippen LogP contribution in [0.4, 0.5) is 0 Å². The van der Waals surface area contributed by atoms with Crippen LogP contribution in [0.2, 0.25) is 0 Å². The van der Waals surface area contributed by atoms with Crippen molar-refractivity contribution in [1.29, 1.82) is 0 Å². The Labute approximate surface area is 141 Å². The Morgan fingerprint density at radius 3 is 2.54 bits per heavy atom. The summed E-state index contributed by atoms with van der Waals surface area (Å²) in [5.41, 5.74) is 1.67. The van der Waals surface area contributed by atoms with Gasteiger partial charge in [0.2, 0.25) is 0 Å². The quantitative estimate of drug-likeness (QED) is 0.866. The molecule has 3 rings (SSSR count). The first kappa shape index (κ1) is 16.3. The van der Waals surface area contributed by atoms with Gasteiger partial charge in [-0.25, -0.2) is 0 Å². The summed E-state index contributed by atoms with van der Waals surface area (Å²) < 4.78 is 16.3. The molecule has 24 heavy (non-hydrogen) atoms. The van der Waals surface area contributed by atoms with Crippen LogP contribution in [0.25, 0.3) is 0 Å². The van der Waals surface area contributed by atoms with Crippen molar-refractivity contribution in [1.82, 2.24) is 4.90 Å². The number of hydrogen-bond donors (Lipinski definition) is 0. The van der Waals surface area contributed by atoms with Gasteiger partial charge in [0.25, 0.3) is 5.91 Å². The molecule has 0 N–H and O–H groups in total. The summed E-state index contributed by atoms with van der Waals surface area (Å²) in [6.45, 7) is 1.65. The van der Waals surface area contributed by atoms with Crippen LogP contribution >= 0.6 is 0 Å². The molecule has 0 spiro atoms. The van der Waals surface area contributed by atoms with E-state index in [1.807, 2.05) is 35.2 Å². The lowest BCUT2D eigenvalue weighted by Gasteiger charge is -2.33. The van der Waals surface area contributed by atoms with Gasteiger partial charge < -0.3 is 19.1 Å². The average Bonchev–Trinajstić information content (AvgIpc) is 2.67. The van der Waals surface area contributed by atoms with Gasteiger partial charge in [-0.2, -0.15) is 0 Å². The third-order valence-corrected chi connectivity index (χ3v) is 4.16. The van der Waals surface area contributed by atoms with Crippen molar-refractivity contribution in [2.75, 3.05) is 33.9 Å². The zero-order valence-electron chi connectivity index (χ0n) is 13.9. The van der Waals surface area contributed by atoms with Crippen molar-refractivity contribution in [2.45, 2.75) is 6.10 Å². The van der Waals surface area contributed by atoms with E-state index in [1.54, 1.807) is 32.4 Å². The number of hydrogen-bond acceptors (Lipinski definition) is 4. The van der Waals surface area contributed by atoms with Gasteiger partial charge in [-0.05, 0) is 23.8 Å². The van der Waals surface area contributed by atoms with Crippen LogP contribution in [0.5, 0.6) is 11.5 Å². The zero-order chi connectivity index (χ0) is 16.9. The molecule has 0 unspecified atom stereocenters. The van der Waals surface area contributed by atoms with Gasteiger partial charge in [-0.15, -0.1) is 0 Å². The van der Waals surface area contributed by atoms with Crippen LogP contribution in [-0.2, 0) is 4.74 Å². The fraction of sp³-hybridized carbons (Fsp3) is 0.316. The van der Waals surface area contributed by atoms with E-state index >= 15 is 0 Å². The molecule has 5 nitrogen and oxygen atoms in total. The van der Waals surface area contributed by atoms with E-state index in [-0.39, 0.29) is 12.0 Å². The summed E-state index contributed by atoms with van der Waals surface area (Å²) in [6.07, 6.45) is -0.0935. The summed E-state index contributed by atoms with van der Waals surface area (Å²) in [6, 6.07) is 15.2. The third kappa shape index (κ3) is 3.36. The first-order valence-electron chi connectivity index (χ1n) is 7.90. The van der Waals surface area contributed by atoms with E-state index in [2.05, 4.69) is 0 Å². The van der Waals surface area contributed by atoms with Gasteiger partial charge in [0.05, 0.1) is 27.4 Å². The van der Waals surface area contributed by atoms with Crippen LogP contribution in [-0.4, -0.2) is 44.7 Å². The number of morpholine rings is 1. The van der Waals surface area contributed by atoms with Crippen molar-refractivity contribution in [3.05, 3.63) is 59.7 Å². The minimum Gasteiger partial charge on any atom is -0.493 e. The van der Waals surface area contributed by atoms with Gasteiger partial charge in [-0.3, -0.25) is 4.79 Å². The van der Waals surface area contributed by atoms with E-state index in [4.69, 9.17) is 14.2 Å². The number of benzene rings is 2. The normalized spacial score (nSPS) is 17.4. The Balaban J connectivity index is 1.77. The van der Waals surface area contributed by atoms with E-state index in [1.165, 1.54) is 0 Å². The Kier molecular flexibility index (Phi) is 5.01. The van der Waals surface area contributed by atoms with Crippen LogP contribution in [0, 0.1) is 0 Å². The number of methoxy groups -OCH3 is 2. The number of carbonyl (C=O) groups excluding carboxylic acids is 1. The number of amides is 1. The molecule has 1 heterocycles. The number of nitrogens with zero attached hydrogens (tertiary/aromatic N) is 1. The second-order valence-electron chi connectivity index (χ2n) is 5.59. The van der Waals surface area contributed by atoms with Gasteiger partial charge >= 0.3 is 0 Å². The molecule has 1 saturated heterocycles. The smallest absolute Gasteiger partial charge is 0.254 e. The first-order chi connectivity index (χ1) is 11.7. The predicted octanol–water partition coefficient (Wildman–Crippen LogP) is 2.92. The lowest BCUT2D eigenvalue weighted by Crippen LogP contribution is -2.42. The second-order valence-corrected chi connectivity index (χ2v) is 5.59. The molecule has 1 aliphatic rings. The lowest BCUT2D eigenvalue weighted by atomic mass is 10.1. The van der Waals surface area contributed by atoms with Gasteiger partial charge in [0.1, 0.15) is 6.10 Å². The molecular weight excluding hydrogens is 306 g/mol. The van der Waals surface area contributed by atoms with E-state index in [0.29, 0.717) is 36.8 Å². The maximum Gasteiger partial charge on any atom is 0.254 e. The van der Waals surface area contributed by atoms with E-state index in [0.717, 1.165) is 5.56 Å². The van der Waals surface area contributed by atoms with Crippen LogP contribution < -0.4 is 9.47 Å². The SMILES string of the molecule is COc1ccc(C(=O)N2CCO[C@H](c3ccccc3)C2)cc1OC. The fourth-order valence-electron chi connectivity index (χ4n) is 2.85. The summed E-state index contributed by atoms with van der Waals surface area (Å²) in [4.78, 5) is 14.6. The van der Waals surface area contributed by atoms with Crippen molar-refractivity contribution >= 4 is 5.91 Å². The van der Waals surface area contributed by atoms with Gasteiger partial charge in [0.15, 0.2) is 11.5 Å². The highest BCUT2D eigenvalue weighted by molar-refractivity contribution is 5.95. The van der Waals surface area contributed by atoms with Crippen molar-refractivity contribution in [3.63, 3.8) is 0 Å². The van der Waals surface area contributed by atoms with Crippen LogP contribution in [0.3, 0.4) is 0 Å². The molecule has 126 valence electrons. The summed E-state index contributed by atoms with van der Waals surface area (Å²) >= 11 is 0. The highest BCUT2D eigenvalue weighted by atomic mass is 16.5. The molecule has 2 aromatic carbocycles. The molecule has 1 aliphatic heterocycles. The highest BCUT2D eigenvalue weighted by Gasteiger charge is 2.26. The number of rotatable bonds is 4. The molecule has 1 fully saturated rings. The Morgan fingerprint density at radius 2 is 1.83 bits per heavy atom. The molecule has 1 amide bonds. The minimum absolute atomic E-state index is 0.0276. The molecular formula is C19H21NO4. The largest absolute Gasteiger partial charge is 0.493 e. The predicted molar refractivity (Wildman–Crippen MR) is 90.6 cm³/mol. The van der Waals surface area contributed by atoms with Gasteiger partial charge in [-0.1, -0.05) is 30.3 Å². The summed E-state index contributed by atoms with van der Waals surface area (Å²) in [7, 11) is 3.14. The molecule has 1 atom stereocenters. The molecule has 0 saturated carbocycles. The van der Waals surface area contributed by atoms with Crippen LogP contribution in [0.1, 0.15) is 22.0 Å². The Hall–Kier alpha value is -2.53. The molecule has 0 bridgehead atoms. The van der Waals surface area contributed by atoms with Crippen molar-refractivity contribution in [2.24, 2.45) is 0 Å². The topological polar surface area (TPSA) is 48.0 Å². The number of carbonyl (C=O) groups is 1. The molecule has 0 radical (unpaired) electrons. The fourth-order valence-corrected chi connectivity index (χ4v) is 2.85. The highest BCUT2D eigenvalue weighted by Crippen LogP contribution is 2.29. The van der Waals surface area contributed by atoms with Crippen LogP contribution in [0.15, 0.2) is 48.5 Å². The standard InChI is InChI=1S/C19H21NO4/c1-22-16-9-8-15(12-17(16)23-2)19(21)20-10-11-24-18(13-20)14-6-4-3-5-7-14/h3-9,12,18H,10-11,13H2,1-2H3/t18-/m0/s1. The monoisotopic (exact) mass is 327 g/mol.